The molecule has 1 aromatic heterocycles. The van der Waals surface area contributed by atoms with E-state index in [1.165, 1.54) is 18.5 Å². The minimum absolute atomic E-state index is 0.0272. The zero-order valence-electron chi connectivity index (χ0n) is 16.4. The smallest absolute Gasteiger partial charge is 0.224 e. The molecule has 1 aliphatic rings. The molecule has 0 radical (unpaired) electrons. The molecule has 2 heterocycles. The number of hydrogen-bond donors (Lipinski definition) is 1. The molecule has 1 unspecified atom stereocenters. The molecular weight excluding hydrogens is 387 g/mol. The van der Waals surface area contributed by atoms with Crippen molar-refractivity contribution in [1.82, 2.24) is 30.4 Å². The van der Waals surface area contributed by atoms with Gasteiger partial charge in [0.15, 0.2) is 0 Å². The van der Waals surface area contributed by atoms with Gasteiger partial charge in [-0.1, -0.05) is 24.3 Å². The predicted molar refractivity (Wildman–Crippen MR) is 107 cm³/mol. The third kappa shape index (κ3) is 5.05. The maximum atomic E-state index is 13.4. The Balaban J connectivity index is 1.37. The Bertz CT molecular complexity index is 941. The molecular formula is C21H23FN6O2. The number of benzene rings is 2. The molecule has 8 nitrogen and oxygen atoms in total. The Morgan fingerprint density at radius 1 is 1.10 bits per heavy atom. The van der Waals surface area contributed by atoms with E-state index in [1.807, 2.05) is 24.3 Å². The summed E-state index contributed by atoms with van der Waals surface area (Å²) in [5.41, 5.74) is 2.70. The minimum atomic E-state index is -0.270. The highest BCUT2D eigenvalue weighted by atomic mass is 19.1. The van der Waals surface area contributed by atoms with E-state index < -0.39 is 0 Å². The van der Waals surface area contributed by atoms with Gasteiger partial charge in [-0.15, -0.1) is 5.10 Å². The van der Waals surface area contributed by atoms with Crippen LogP contribution >= 0.6 is 0 Å². The number of nitrogens with one attached hydrogen (secondary N) is 1. The van der Waals surface area contributed by atoms with Crippen LogP contribution in [-0.2, 0) is 16.0 Å². The third-order valence-electron chi connectivity index (χ3n) is 5.15. The summed E-state index contributed by atoms with van der Waals surface area (Å²) >= 11 is 0. The number of aromatic nitrogens is 4. The normalized spacial score (nSPS) is 15.6. The van der Waals surface area contributed by atoms with Gasteiger partial charge in [0.05, 0.1) is 31.4 Å². The van der Waals surface area contributed by atoms with Crippen LogP contribution in [0.3, 0.4) is 0 Å². The van der Waals surface area contributed by atoms with Crippen LogP contribution in [0.5, 0.6) is 0 Å². The Morgan fingerprint density at radius 3 is 2.50 bits per heavy atom. The van der Waals surface area contributed by atoms with Crippen molar-refractivity contribution in [2.75, 3.05) is 32.8 Å². The van der Waals surface area contributed by atoms with Gasteiger partial charge in [0.25, 0.3) is 0 Å². The van der Waals surface area contributed by atoms with Gasteiger partial charge >= 0.3 is 0 Å². The van der Waals surface area contributed by atoms with Crippen molar-refractivity contribution in [3.8, 4) is 5.69 Å². The molecule has 0 saturated carbocycles. The van der Waals surface area contributed by atoms with Gasteiger partial charge in [0, 0.05) is 19.6 Å². The van der Waals surface area contributed by atoms with E-state index in [4.69, 9.17) is 4.74 Å². The number of morpholine rings is 1. The summed E-state index contributed by atoms with van der Waals surface area (Å²) in [6, 6.07) is 13.9. The number of amides is 1. The fourth-order valence-corrected chi connectivity index (χ4v) is 3.54. The molecule has 1 saturated heterocycles. The van der Waals surface area contributed by atoms with E-state index in [2.05, 4.69) is 25.7 Å². The number of hydrogen-bond acceptors (Lipinski definition) is 6. The highest BCUT2D eigenvalue weighted by molar-refractivity contribution is 5.78. The van der Waals surface area contributed by atoms with Crippen molar-refractivity contribution in [2.24, 2.45) is 0 Å². The van der Waals surface area contributed by atoms with Crippen molar-refractivity contribution < 1.29 is 13.9 Å². The van der Waals surface area contributed by atoms with Crippen molar-refractivity contribution >= 4 is 5.91 Å². The molecule has 2 aromatic carbocycles. The van der Waals surface area contributed by atoms with E-state index in [0.717, 1.165) is 29.9 Å². The second-order valence-corrected chi connectivity index (χ2v) is 7.12. The number of nitrogens with zero attached hydrogens (tertiary/aromatic N) is 5. The van der Waals surface area contributed by atoms with Gasteiger partial charge in [0.2, 0.25) is 5.91 Å². The van der Waals surface area contributed by atoms with Crippen molar-refractivity contribution in [3.63, 3.8) is 0 Å². The molecule has 4 rings (SSSR count). The molecule has 30 heavy (non-hydrogen) atoms. The van der Waals surface area contributed by atoms with Crippen LogP contribution in [0.15, 0.2) is 54.9 Å². The van der Waals surface area contributed by atoms with Gasteiger partial charge in [0.1, 0.15) is 12.1 Å². The van der Waals surface area contributed by atoms with E-state index >= 15 is 0 Å². The van der Waals surface area contributed by atoms with Crippen molar-refractivity contribution in [2.45, 2.75) is 12.5 Å². The predicted octanol–water partition coefficient (Wildman–Crippen LogP) is 1.53. The number of halogens is 1. The third-order valence-corrected chi connectivity index (χ3v) is 5.15. The number of carbonyl (C=O) groups is 1. The van der Waals surface area contributed by atoms with Crippen LogP contribution in [0.25, 0.3) is 5.69 Å². The van der Waals surface area contributed by atoms with Gasteiger partial charge < -0.3 is 10.1 Å². The summed E-state index contributed by atoms with van der Waals surface area (Å²) < 4.78 is 20.3. The first-order chi connectivity index (χ1) is 14.7. The summed E-state index contributed by atoms with van der Waals surface area (Å²) in [5, 5.41) is 14.1. The summed E-state index contributed by atoms with van der Waals surface area (Å²) in [6.45, 7) is 3.30. The molecule has 1 N–H and O–H groups in total. The van der Waals surface area contributed by atoms with E-state index in [0.29, 0.717) is 19.8 Å². The second-order valence-electron chi connectivity index (χ2n) is 7.12. The Hall–Kier alpha value is -3.17. The van der Waals surface area contributed by atoms with Gasteiger partial charge in [-0.2, -0.15) is 0 Å². The Morgan fingerprint density at radius 2 is 1.83 bits per heavy atom. The highest BCUT2D eigenvalue weighted by Gasteiger charge is 2.23. The number of rotatable bonds is 7. The Labute approximate surface area is 173 Å². The maximum Gasteiger partial charge on any atom is 0.224 e. The summed E-state index contributed by atoms with van der Waals surface area (Å²) in [7, 11) is 0. The van der Waals surface area contributed by atoms with E-state index in [-0.39, 0.29) is 24.2 Å². The van der Waals surface area contributed by atoms with Gasteiger partial charge in [-0.25, -0.2) is 9.07 Å². The standard InChI is InChI=1S/C21H23FN6O2/c22-18-5-3-17(4-6-18)20(27-9-11-30-12-10-27)14-23-21(29)13-16-1-7-19(8-2-16)28-15-24-25-26-28/h1-8,15,20H,9-14H2,(H,23,29). The first-order valence-electron chi connectivity index (χ1n) is 9.85. The van der Waals surface area contributed by atoms with Gasteiger partial charge in [-0.05, 0) is 45.8 Å². The summed E-state index contributed by atoms with van der Waals surface area (Å²) in [6.07, 6.45) is 1.79. The lowest BCUT2D eigenvalue weighted by Crippen LogP contribution is -2.44. The van der Waals surface area contributed by atoms with Crippen LogP contribution < -0.4 is 5.32 Å². The summed E-state index contributed by atoms with van der Waals surface area (Å²) in [5.74, 6) is -0.334. The van der Waals surface area contributed by atoms with E-state index in [9.17, 15) is 9.18 Å². The molecule has 0 bridgehead atoms. The first-order valence-corrected chi connectivity index (χ1v) is 9.85. The molecule has 1 atom stereocenters. The van der Waals surface area contributed by atoms with Crippen LogP contribution in [-0.4, -0.2) is 63.9 Å². The van der Waals surface area contributed by atoms with Crippen molar-refractivity contribution in [1.29, 1.82) is 0 Å². The second kappa shape index (κ2) is 9.55. The van der Waals surface area contributed by atoms with Crippen molar-refractivity contribution in [3.05, 3.63) is 71.8 Å². The lowest BCUT2D eigenvalue weighted by molar-refractivity contribution is -0.120. The van der Waals surface area contributed by atoms with Crippen LogP contribution in [0.4, 0.5) is 4.39 Å². The molecule has 0 spiro atoms. The number of carbonyl (C=O) groups excluding carboxylic acids is 1. The number of tetrazole rings is 1. The van der Waals surface area contributed by atoms with Gasteiger partial charge in [-0.3, -0.25) is 9.69 Å². The fourth-order valence-electron chi connectivity index (χ4n) is 3.54. The lowest BCUT2D eigenvalue weighted by Gasteiger charge is -2.35. The molecule has 9 heteroatoms. The van der Waals surface area contributed by atoms with Crippen LogP contribution in [0.1, 0.15) is 17.2 Å². The monoisotopic (exact) mass is 410 g/mol. The zero-order valence-corrected chi connectivity index (χ0v) is 16.4. The molecule has 3 aromatic rings. The molecule has 156 valence electrons. The zero-order chi connectivity index (χ0) is 20.8. The average molecular weight is 410 g/mol. The SMILES string of the molecule is O=C(Cc1ccc(-n2cnnn2)cc1)NCC(c1ccc(F)cc1)N1CCOCC1. The van der Waals surface area contributed by atoms with E-state index in [1.54, 1.807) is 16.8 Å². The first kappa shape index (κ1) is 20.1. The largest absolute Gasteiger partial charge is 0.379 e. The van der Waals surface area contributed by atoms with Crippen LogP contribution in [0, 0.1) is 5.82 Å². The topological polar surface area (TPSA) is 85.2 Å². The fraction of sp³-hybridized carbons (Fsp3) is 0.333. The molecule has 1 aliphatic heterocycles. The minimum Gasteiger partial charge on any atom is -0.379 e. The number of ether oxygens (including phenoxy) is 1. The highest BCUT2D eigenvalue weighted by Crippen LogP contribution is 2.21. The molecule has 0 aliphatic carbocycles. The molecule has 1 fully saturated rings. The Kier molecular flexibility index (Phi) is 6.41. The average Bonchev–Trinajstić information content (AvgIpc) is 3.31. The van der Waals surface area contributed by atoms with Crippen LogP contribution in [0.2, 0.25) is 0 Å². The lowest BCUT2D eigenvalue weighted by atomic mass is 10.0. The quantitative estimate of drug-likeness (QED) is 0.636. The maximum absolute atomic E-state index is 13.4. The molecule has 1 amide bonds. The summed E-state index contributed by atoms with van der Waals surface area (Å²) in [4.78, 5) is 14.8.